The second-order valence-electron chi connectivity index (χ2n) is 1.98. The first kappa shape index (κ1) is 8.62. The zero-order valence-corrected chi connectivity index (χ0v) is 7.93. The molecule has 0 aliphatic heterocycles. The number of hydrogen-bond donors (Lipinski definition) is 1. The van der Waals surface area contributed by atoms with Crippen LogP contribution in [0.15, 0.2) is 35.0 Å². The minimum Gasteiger partial charge on any atom is -0.514 e. The average Bonchev–Trinajstić information content (AvgIpc) is 2.05. The second kappa shape index (κ2) is 3.79. The molecular weight excluding hydrogens is 227 g/mol. The molecule has 0 aromatic heterocycles. The molecular formula is C8H6BrClO. The Morgan fingerprint density at radius 3 is 2.36 bits per heavy atom. The van der Waals surface area contributed by atoms with Crippen molar-refractivity contribution in [3.05, 3.63) is 40.6 Å². The lowest BCUT2D eigenvalue weighted by molar-refractivity contribution is 0.477. The Morgan fingerprint density at radius 2 is 1.91 bits per heavy atom. The summed E-state index contributed by atoms with van der Waals surface area (Å²) in [5.41, 5.74) is 0.803. The Morgan fingerprint density at radius 1 is 1.36 bits per heavy atom. The topological polar surface area (TPSA) is 20.2 Å². The van der Waals surface area contributed by atoms with Crippen molar-refractivity contribution in [3.8, 4) is 0 Å². The summed E-state index contributed by atoms with van der Waals surface area (Å²) in [6.07, 6.45) is 0.880. The van der Waals surface area contributed by atoms with Crippen LogP contribution >= 0.6 is 27.5 Å². The second-order valence-corrected chi connectivity index (χ2v) is 3.31. The van der Waals surface area contributed by atoms with Crippen LogP contribution < -0.4 is 0 Å². The normalized spacial score (nSPS) is 11.6. The van der Waals surface area contributed by atoms with Crippen LogP contribution in [0.3, 0.4) is 0 Å². The Kier molecular flexibility index (Phi) is 2.97. The first-order valence-electron chi connectivity index (χ1n) is 3.00. The lowest BCUT2D eigenvalue weighted by Crippen LogP contribution is -1.75. The predicted molar refractivity (Wildman–Crippen MR) is 50.6 cm³/mol. The van der Waals surface area contributed by atoms with Gasteiger partial charge in [-0.05, 0) is 17.7 Å². The molecule has 0 bridgehead atoms. The summed E-state index contributed by atoms with van der Waals surface area (Å²) in [6.45, 7) is 0. The summed E-state index contributed by atoms with van der Waals surface area (Å²) < 4.78 is 0.989. The Labute approximate surface area is 78.4 Å². The summed E-state index contributed by atoms with van der Waals surface area (Å²) in [7, 11) is 0. The van der Waals surface area contributed by atoms with Gasteiger partial charge in [-0.15, -0.1) is 0 Å². The molecule has 58 valence electrons. The van der Waals surface area contributed by atoms with E-state index >= 15 is 0 Å². The summed E-state index contributed by atoms with van der Waals surface area (Å²) in [4.78, 5) is 0. The summed E-state index contributed by atoms with van der Waals surface area (Å²) in [6, 6.07) is 7.36. The van der Waals surface area contributed by atoms with Crippen LogP contribution in [0, 0.1) is 0 Å². The van der Waals surface area contributed by atoms with Crippen molar-refractivity contribution in [1.29, 1.82) is 0 Å². The van der Waals surface area contributed by atoms with Crippen LogP contribution in [0.5, 0.6) is 0 Å². The lowest BCUT2D eigenvalue weighted by Gasteiger charge is -1.96. The van der Waals surface area contributed by atoms with E-state index in [0.717, 1.165) is 16.3 Å². The zero-order valence-electron chi connectivity index (χ0n) is 5.59. The van der Waals surface area contributed by atoms with Crippen molar-refractivity contribution in [2.75, 3.05) is 0 Å². The average molecular weight is 233 g/mol. The quantitative estimate of drug-likeness (QED) is 0.736. The van der Waals surface area contributed by atoms with Crippen molar-refractivity contribution < 1.29 is 5.11 Å². The van der Waals surface area contributed by atoms with E-state index in [9.17, 15) is 0 Å². The van der Waals surface area contributed by atoms with Gasteiger partial charge in [0.05, 0.1) is 11.3 Å². The van der Waals surface area contributed by atoms with Gasteiger partial charge in [-0.1, -0.05) is 39.7 Å². The first-order chi connectivity index (χ1) is 5.24. The van der Waals surface area contributed by atoms with Gasteiger partial charge >= 0.3 is 0 Å². The zero-order chi connectivity index (χ0) is 8.27. The molecule has 0 heterocycles. The van der Waals surface area contributed by atoms with E-state index in [-0.39, 0.29) is 0 Å². The fourth-order valence-electron chi connectivity index (χ4n) is 0.684. The SMILES string of the molecule is O/C=C(\Cl)c1ccc(Br)cc1. The monoisotopic (exact) mass is 232 g/mol. The Balaban J connectivity index is 2.99. The molecule has 1 N–H and O–H groups in total. The third-order valence-electron chi connectivity index (χ3n) is 1.23. The van der Waals surface area contributed by atoms with Crippen molar-refractivity contribution >= 4 is 32.6 Å². The Hall–Kier alpha value is -0.470. The van der Waals surface area contributed by atoms with Gasteiger partial charge in [0, 0.05) is 4.47 Å². The standard InChI is InChI=1S/C8H6BrClO/c9-7-3-1-6(2-4-7)8(10)5-11/h1-5,11H/b8-5-. The van der Waals surface area contributed by atoms with E-state index in [2.05, 4.69) is 15.9 Å². The van der Waals surface area contributed by atoms with Crippen LogP contribution in [0.1, 0.15) is 5.56 Å². The van der Waals surface area contributed by atoms with Gasteiger partial charge in [-0.2, -0.15) is 0 Å². The highest BCUT2D eigenvalue weighted by Crippen LogP contribution is 2.19. The third-order valence-corrected chi connectivity index (χ3v) is 2.08. The molecule has 0 saturated carbocycles. The predicted octanol–water partition coefficient (Wildman–Crippen LogP) is 3.54. The van der Waals surface area contributed by atoms with E-state index in [1.54, 1.807) is 0 Å². The van der Waals surface area contributed by atoms with E-state index in [1.807, 2.05) is 24.3 Å². The largest absolute Gasteiger partial charge is 0.514 e. The number of aliphatic hydroxyl groups is 1. The highest BCUT2D eigenvalue weighted by atomic mass is 79.9. The summed E-state index contributed by atoms with van der Waals surface area (Å²) >= 11 is 8.93. The highest BCUT2D eigenvalue weighted by Gasteiger charge is 1.95. The summed E-state index contributed by atoms with van der Waals surface area (Å²) in [5.74, 6) is 0. The molecule has 1 nitrogen and oxygen atoms in total. The van der Waals surface area contributed by atoms with Crippen LogP contribution in [-0.2, 0) is 0 Å². The van der Waals surface area contributed by atoms with Crippen molar-refractivity contribution in [2.45, 2.75) is 0 Å². The minimum absolute atomic E-state index is 0.345. The van der Waals surface area contributed by atoms with Gasteiger partial charge in [0.15, 0.2) is 0 Å². The van der Waals surface area contributed by atoms with Crippen LogP contribution in [0.25, 0.3) is 5.03 Å². The van der Waals surface area contributed by atoms with E-state index in [1.165, 1.54) is 0 Å². The van der Waals surface area contributed by atoms with Crippen LogP contribution in [0.2, 0.25) is 0 Å². The van der Waals surface area contributed by atoms with Crippen molar-refractivity contribution in [2.24, 2.45) is 0 Å². The maximum absolute atomic E-state index is 8.55. The van der Waals surface area contributed by atoms with E-state index in [0.29, 0.717) is 5.03 Å². The highest BCUT2D eigenvalue weighted by molar-refractivity contribution is 9.10. The molecule has 0 aliphatic rings. The molecule has 0 atom stereocenters. The van der Waals surface area contributed by atoms with Crippen molar-refractivity contribution in [3.63, 3.8) is 0 Å². The molecule has 0 amide bonds. The third kappa shape index (κ3) is 2.24. The van der Waals surface area contributed by atoms with Gasteiger partial charge in [0.2, 0.25) is 0 Å². The molecule has 3 heteroatoms. The molecule has 0 fully saturated rings. The van der Waals surface area contributed by atoms with Gasteiger partial charge in [-0.3, -0.25) is 0 Å². The smallest absolute Gasteiger partial charge is 0.0984 e. The van der Waals surface area contributed by atoms with Crippen LogP contribution in [-0.4, -0.2) is 5.11 Å². The molecule has 0 unspecified atom stereocenters. The van der Waals surface area contributed by atoms with Gasteiger partial charge in [0.1, 0.15) is 0 Å². The number of rotatable bonds is 1. The molecule has 1 aromatic carbocycles. The minimum atomic E-state index is 0.345. The first-order valence-corrected chi connectivity index (χ1v) is 4.17. The lowest BCUT2D eigenvalue weighted by atomic mass is 10.2. The fourth-order valence-corrected chi connectivity index (χ4v) is 1.07. The molecule has 1 aromatic rings. The number of aliphatic hydroxyl groups excluding tert-OH is 1. The molecule has 0 saturated heterocycles. The van der Waals surface area contributed by atoms with E-state index < -0.39 is 0 Å². The molecule has 11 heavy (non-hydrogen) atoms. The van der Waals surface area contributed by atoms with E-state index in [4.69, 9.17) is 16.7 Å². The molecule has 0 spiro atoms. The molecule has 0 aliphatic carbocycles. The van der Waals surface area contributed by atoms with Gasteiger partial charge in [-0.25, -0.2) is 0 Å². The number of benzene rings is 1. The maximum Gasteiger partial charge on any atom is 0.0984 e. The van der Waals surface area contributed by atoms with Gasteiger partial charge < -0.3 is 5.11 Å². The molecule has 1 rings (SSSR count). The maximum atomic E-state index is 8.55. The van der Waals surface area contributed by atoms with Gasteiger partial charge in [0.25, 0.3) is 0 Å². The van der Waals surface area contributed by atoms with Crippen molar-refractivity contribution in [1.82, 2.24) is 0 Å². The van der Waals surface area contributed by atoms with Crippen LogP contribution in [0.4, 0.5) is 0 Å². The number of hydrogen-bond acceptors (Lipinski definition) is 1. The summed E-state index contributed by atoms with van der Waals surface area (Å²) in [5, 5.41) is 8.90. The Bertz CT molecular complexity index is 266. The number of halogens is 2. The fraction of sp³-hybridized carbons (Fsp3) is 0. The molecule has 0 radical (unpaired) electrons.